The molecular weight excluding hydrogens is 224 g/mol. The highest BCUT2D eigenvalue weighted by molar-refractivity contribution is 5.91. The predicted octanol–water partition coefficient (Wildman–Crippen LogP) is 1.59. The van der Waals surface area contributed by atoms with Gasteiger partial charge in [-0.15, -0.1) is 0 Å². The van der Waals surface area contributed by atoms with Crippen molar-refractivity contribution in [3.05, 3.63) is 41.5 Å². The van der Waals surface area contributed by atoms with E-state index >= 15 is 0 Å². The number of benzene rings is 1. The fraction of sp³-hybridized carbons (Fsp3) is 0.167. The standard InChI is InChI=1S/C12H12O5/c1-15-11(13)7-6-9-4-3-5-10(8-9)12(14)17-16-2/h3-8H,1-2H3/b7-6+. The van der Waals surface area contributed by atoms with Crippen LogP contribution in [0.1, 0.15) is 15.9 Å². The van der Waals surface area contributed by atoms with Crippen molar-refractivity contribution in [1.82, 2.24) is 0 Å². The average Bonchev–Trinajstić information content (AvgIpc) is 2.36. The second-order valence-electron chi connectivity index (χ2n) is 3.02. The van der Waals surface area contributed by atoms with Crippen molar-refractivity contribution >= 4 is 18.0 Å². The van der Waals surface area contributed by atoms with Crippen LogP contribution in [0, 0.1) is 0 Å². The maximum Gasteiger partial charge on any atom is 0.373 e. The predicted molar refractivity (Wildman–Crippen MR) is 59.9 cm³/mol. The maximum atomic E-state index is 11.3. The molecule has 90 valence electrons. The number of hydrogen-bond donors (Lipinski definition) is 0. The second-order valence-corrected chi connectivity index (χ2v) is 3.02. The van der Waals surface area contributed by atoms with Gasteiger partial charge in [0.2, 0.25) is 0 Å². The summed E-state index contributed by atoms with van der Waals surface area (Å²) in [4.78, 5) is 30.9. The molecule has 0 aliphatic heterocycles. The summed E-state index contributed by atoms with van der Waals surface area (Å²) in [5.41, 5.74) is 1.01. The lowest BCUT2D eigenvalue weighted by Gasteiger charge is -2.00. The van der Waals surface area contributed by atoms with Crippen LogP contribution in [0.2, 0.25) is 0 Å². The van der Waals surface area contributed by atoms with Gasteiger partial charge in [0.25, 0.3) is 0 Å². The highest BCUT2D eigenvalue weighted by Crippen LogP contribution is 2.08. The summed E-state index contributed by atoms with van der Waals surface area (Å²) in [6.07, 6.45) is 2.80. The number of hydrogen-bond acceptors (Lipinski definition) is 5. The number of rotatable bonds is 4. The smallest absolute Gasteiger partial charge is 0.373 e. The Morgan fingerprint density at radius 1 is 1.24 bits per heavy atom. The van der Waals surface area contributed by atoms with E-state index in [4.69, 9.17) is 0 Å². The zero-order valence-electron chi connectivity index (χ0n) is 9.51. The van der Waals surface area contributed by atoms with Gasteiger partial charge in [-0.05, 0) is 23.8 Å². The summed E-state index contributed by atoms with van der Waals surface area (Å²) >= 11 is 0. The molecule has 0 aromatic heterocycles. The summed E-state index contributed by atoms with van der Waals surface area (Å²) in [5.74, 6) is -1.06. The Morgan fingerprint density at radius 2 is 2.00 bits per heavy atom. The Balaban J connectivity index is 2.82. The van der Waals surface area contributed by atoms with Gasteiger partial charge in [-0.2, -0.15) is 4.89 Å². The molecule has 5 nitrogen and oxygen atoms in total. The van der Waals surface area contributed by atoms with Gasteiger partial charge < -0.3 is 4.74 Å². The van der Waals surface area contributed by atoms with Gasteiger partial charge in [-0.1, -0.05) is 12.1 Å². The molecule has 0 radical (unpaired) electrons. The summed E-state index contributed by atoms with van der Waals surface area (Å²) in [5, 5.41) is 0. The van der Waals surface area contributed by atoms with Crippen LogP contribution in [-0.2, 0) is 19.3 Å². The Hall–Kier alpha value is -2.14. The molecule has 17 heavy (non-hydrogen) atoms. The van der Waals surface area contributed by atoms with Gasteiger partial charge in [0, 0.05) is 6.08 Å². The quantitative estimate of drug-likeness (QED) is 0.344. The average molecular weight is 236 g/mol. The van der Waals surface area contributed by atoms with Gasteiger partial charge >= 0.3 is 11.9 Å². The lowest BCUT2D eigenvalue weighted by molar-refractivity contribution is -0.216. The molecule has 5 heteroatoms. The fourth-order valence-electron chi connectivity index (χ4n) is 1.13. The molecular formula is C12H12O5. The van der Waals surface area contributed by atoms with Crippen molar-refractivity contribution in [2.75, 3.05) is 14.2 Å². The van der Waals surface area contributed by atoms with Crippen LogP contribution in [0.5, 0.6) is 0 Å². The normalized spacial score (nSPS) is 10.2. The lowest BCUT2D eigenvalue weighted by Crippen LogP contribution is -2.03. The fourth-order valence-corrected chi connectivity index (χ4v) is 1.13. The minimum atomic E-state index is -0.596. The van der Waals surface area contributed by atoms with Gasteiger partial charge in [-0.25, -0.2) is 9.59 Å². The van der Waals surface area contributed by atoms with Crippen molar-refractivity contribution in [2.24, 2.45) is 0 Å². The zero-order chi connectivity index (χ0) is 12.7. The Bertz CT molecular complexity index is 436. The molecule has 0 bridgehead atoms. The summed E-state index contributed by atoms with van der Waals surface area (Å²) in [7, 11) is 2.54. The van der Waals surface area contributed by atoms with E-state index in [0.717, 1.165) is 0 Å². The van der Waals surface area contributed by atoms with Crippen molar-refractivity contribution in [3.8, 4) is 0 Å². The minimum Gasteiger partial charge on any atom is -0.466 e. The minimum absolute atomic E-state index is 0.332. The van der Waals surface area contributed by atoms with E-state index < -0.39 is 11.9 Å². The number of esters is 1. The molecule has 0 heterocycles. The first kappa shape index (κ1) is 12.9. The molecule has 0 amide bonds. The molecule has 0 spiro atoms. The van der Waals surface area contributed by atoms with E-state index in [0.29, 0.717) is 11.1 Å². The summed E-state index contributed by atoms with van der Waals surface area (Å²) in [6, 6.07) is 6.56. The maximum absolute atomic E-state index is 11.3. The highest BCUT2D eigenvalue weighted by atomic mass is 17.2. The first-order valence-corrected chi connectivity index (χ1v) is 4.78. The lowest BCUT2D eigenvalue weighted by atomic mass is 10.1. The molecule has 1 aromatic carbocycles. The summed E-state index contributed by atoms with van der Waals surface area (Å²) < 4.78 is 4.45. The van der Waals surface area contributed by atoms with Crippen LogP contribution in [-0.4, -0.2) is 26.2 Å². The van der Waals surface area contributed by atoms with E-state index in [9.17, 15) is 9.59 Å². The van der Waals surface area contributed by atoms with Crippen LogP contribution >= 0.6 is 0 Å². The first-order chi connectivity index (χ1) is 8.17. The molecule has 0 fully saturated rings. The largest absolute Gasteiger partial charge is 0.466 e. The van der Waals surface area contributed by atoms with Crippen molar-refractivity contribution in [3.63, 3.8) is 0 Å². The molecule has 0 atom stereocenters. The number of methoxy groups -OCH3 is 1. The summed E-state index contributed by atoms with van der Waals surface area (Å²) in [6.45, 7) is 0. The van der Waals surface area contributed by atoms with Crippen LogP contribution in [0.15, 0.2) is 30.3 Å². The molecule has 1 rings (SSSR count). The van der Waals surface area contributed by atoms with Crippen LogP contribution in [0.4, 0.5) is 0 Å². The second kappa shape index (κ2) is 6.44. The first-order valence-electron chi connectivity index (χ1n) is 4.78. The third kappa shape index (κ3) is 4.08. The number of carbonyl (C=O) groups is 2. The molecule has 1 aromatic rings. The van der Waals surface area contributed by atoms with Crippen LogP contribution in [0.3, 0.4) is 0 Å². The van der Waals surface area contributed by atoms with Crippen molar-refractivity contribution in [2.45, 2.75) is 0 Å². The zero-order valence-corrected chi connectivity index (χ0v) is 9.51. The molecule has 0 saturated heterocycles. The van der Waals surface area contributed by atoms with Gasteiger partial charge in [0.05, 0.1) is 19.8 Å². The third-order valence-corrected chi connectivity index (χ3v) is 1.89. The third-order valence-electron chi connectivity index (χ3n) is 1.89. The van der Waals surface area contributed by atoms with E-state index in [1.54, 1.807) is 24.3 Å². The number of ether oxygens (including phenoxy) is 1. The van der Waals surface area contributed by atoms with Crippen molar-refractivity contribution < 1.29 is 24.1 Å². The van der Waals surface area contributed by atoms with Crippen molar-refractivity contribution in [1.29, 1.82) is 0 Å². The SMILES string of the molecule is COOC(=O)c1cccc(/C=C/C(=O)OC)c1. The van der Waals surface area contributed by atoms with Crippen LogP contribution < -0.4 is 0 Å². The van der Waals surface area contributed by atoms with Gasteiger partial charge in [0.15, 0.2) is 0 Å². The highest BCUT2D eigenvalue weighted by Gasteiger charge is 2.07. The molecule has 0 aliphatic rings. The molecule has 0 aliphatic carbocycles. The van der Waals surface area contributed by atoms with Crippen LogP contribution in [0.25, 0.3) is 6.08 Å². The van der Waals surface area contributed by atoms with Gasteiger partial charge in [0.1, 0.15) is 0 Å². The van der Waals surface area contributed by atoms with E-state index in [1.807, 2.05) is 0 Å². The van der Waals surface area contributed by atoms with E-state index in [2.05, 4.69) is 14.5 Å². The number of carbonyl (C=O) groups excluding carboxylic acids is 2. The molecule has 0 N–H and O–H groups in total. The Labute approximate surface area is 98.5 Å². The van der Waals surface area contributed by atoms with Gasteiger partial charge in [-0.3, -0.25) is 4.89 Å². The van der Waals surface area contributed by atoms with E-state index in [1.165, 1.54) is 26.4 Å². The molecule has 0 unspecified atom stereocenters. The topological polar surface area (TPSA) is 61.8 Å². The Morgan fingerprint density at radius 3 is 2.65 bits per heavy atom. The Kier molecular flexibility index (Phi) is 4.90. The molecule has 0 saturated carbocycles. The monoisotopic (exact) mass is 236 g/mol. The van der Waals surface area contributed by atoms with E-state index in [-0.39, 0.29) is 0 Å².